The van der Waals surface area contributed by atoms with E-state index >= 15 is 0 Å². The summed E-state index contributed by atoms with van der Waals surface area (Å²) >= 11 is 0. The van der Waals surface area contributed by atoms with Crippen molar-refractivity contribution in [3.05, 3.63) is 42.2 Å². The van der Waals surface area contributed by atoms with Gasteiger partial charge in [0.25, 0.3) is 0 Å². The largest absolute Gasteiger partial charge is 0.402 e. The number of hydrogen-bond acceptors (Lipinski definition) is 4. The van der Waals surface area contributed by atoms with E-state index in [1.807, 2.05) is 22.9 Å². The Labute approximate surface area is 124 Å². The average molecular weight is 283 g/mol. The number of nitrogens with zero attached hydrogens (tertiary/aromatic N) is 3. The number of hydrogen-bond donors (Lipinski definition) is 2. The van der Waals surface area contributed by atoms with Crippen LogP contribution in [0.25, 0.3) is 16.7 Å². The van der Waals surface area contributed by atoms with Gasteiger partial charge in [0.15, 0.2) is 0 Å². The number of nitrogens with one attached hydrogen (secondary N) is 1. The van der Waals surface area contributed by atoms with E-state index in [1.165, 1.54) is 11.4 Å². The van der Waals surface area contributed by atoms with Crippen LogP contribution in [0.15, 0.2) is 42.2 Å². The molecule has 1 aliphatic rings. The Morgan fingerprint density at radius 3 is 3.05 bits per heavy atom. The van der Waals surface area contributed by atoms with Crippen LogP contribution >= 0.6 is 0 Å². The first-order valence-electron chi connectivity index (χ1n) is 7.35. The van der Waals surface area contributed by atoms with Crippen LogP contribution in [0.3, 0.4) is 0 Å². The molecular weight excluding hydrogens is 262 g/mol. The van der Waals surface area contributed by atoms with Crippen molar-refractivity contribution in [3.8, 4) is 0 Å². The van der Waals surface area contributed by atoms with E-state index in [9.17, 15) is 0 Å². The fourth-order valence-electron chi connectivity index (χ4n) is 2.82. The van der Waals surface area contributed by atoms with Crippen LogP contribution in [0.5, 0.6) is 0 Å². The highest BCUT2D eigenvalue weighted by atomic mass is 15.4. The van der Waals surface area contributed by atoms with Crippen LogP contribution in [-0.2, 0) is 0 Å². The Morgan fingerprint density at radius 2 is 2.24 bits per heavy atom. The minimum absolute atomic E-state index is 0.617. The van der Waals surface area contributed by atoms with Gasteiger partial charge in [-0.2, -0.15) is 0 Å². The third-order valence-electron chi connectivity index (χ3n) is 3.83. The average Bonchev–Trinajstić information content (AvgIpc) is 3.01. The Bertz CT molecular complexity index is 698. The van der Waals surface area contributed by atoms with Crippen molar-refractivity contribution in [3.63, 3.8) is 0 Å². The lowest BCUT2D eigenvalue weighted by Crippen LogP contribution is -2.18. The highest BCUT2D eigenvalue weighted by Gasteiger charge is 2.24. The normalized spacial score (nSPS) is 18.4. The van der Waals surface area contributed by atoms with Crippen molar-refractivity contribution in [1.29, 1.82) is 0 Å². The van der Waals surface area contributed by atoms with Crippen LogP contribution in [0.2, 0.25) is 0 Å². The Hall–Kier alpha value is -2.30. The van der Waals surface area contributed by atoms with Crippen molar-refractivity contribution in [2.75, 3.05) is 6.54 Å². The topological polar surface area (TPSA) is 68.8 Å². The molecule has 0 aliphatic heterocycles. The molecule has 3 rings (SSSR count). The summed E-state index contributed by atoms with van der Waals surface area (Å²) in [6.45, 7) is 6.81. The minimum Gasteiger partial charge on any atom is -0.402 e. The second-order valence-corrected chi connectivity index (χ2v) is 5.76. The van der Waals surface area contributed by atoms with Gasteiger partial charge in [-0.3, -0.25) is 0 Å². The molecule has 0 fully saturated rings. The lowest BCUT2D eigenvalue weighted by atomic mass is 10.1. The molecule has 0 amide bonds. The maximum Gasteiger partial charge on any atom is 0.113 e. The Kier molecular flexibility index (Phi) is 3.64. The van der Waals surface area contributed by atoms with E-state index in [-0.39, 0.29) is 0 Å². The molecule has 1 aromatic heterocycles. The molecule has 2 aromatic rings. The van der Waals surface area contributed by atoms with Gasteiger partial charge in [0.1, 0.15) is 5.52 Å². The Balaban J connectivity index is 1.91. The number of fused-ring (bicyclic) bond motifs is 1. The fraction of sp³-hybridized carbons (Fsp3) is 0.375. The second kappa shape index (κ2) is 5.60. The number of benzene rings is 1. The third-order valence-corrected chi connectivity index (χ3v) is 3.83. The summed E-state index contributed by atoms with van der Waals surface area (Å²) in [7, 11) is 0. The van der Waals surface area contributed by atoms with Crippen molar-refractivity contribution < 1.29 is 0 Å². The monoisotopic (exact) mass is 283 g/mol. The molecule has 21 heavy (non-hydrogen) atoms. The molecule has 0 spiro atoms. The van der Waals surface area contributed by atoms with Crippen LogP contribution in [0.1, 0.15) is 26.2 Å². The van der Waals surface area contributed by atoms with Gasteiger partial charge >= 0.3 is 0 Å². The second-order valence-electron chi connectivity index (χ2n) is 5.76. The summed E-state index contributed by atoms with van der Waals surface area (Å²) in [6.07, 6.45) is 2.84. The molecule has 3 N–H and O–H groups in total. The van der Waals surface area contributed by atoms with Gasteiger partial charge in [0, 0.05) is 24.4 Å². The Morgan fingerprint density at radius 1 is 1.43 bits per heavy atom. The number of allylic oxidation sites excluding steroid dienone is 2. The maximum atomic E-state index is 5.63. The van der Waals surface area contributed by atoms with E-state index < -0.39 is 0 Å². The number of para-hydroxylation sites is 1. The van der Waals surface area contributed by atoms with Gasteiger partial charge in [0.2, 0.25) is 0 Å². The highest BCUT2D eigenvalue weighted by molar-refractivity contribution is 5.78. The van der Waals surface area contributed by atoms with E-state index in [1.54, 1.807) is 0 Å². The predicted octanol–water partition coefficient (Wildman–Crippen LogP) is 2.48. The lowest BCUT2D eigenvalue weighted by molar-refractivity contribution is 0.603. The first-order chi connectivity index (χ1) is 10.1. The molecule has 0 saturated heterocycles. The van der Waals surface area contributed by atoms with E-state index in [0.29, 0.717) is 11.6 Å². The highest BCUT2D eigenvalue weighted by Crippen LogP contribution is 2.33. The zero-order valence-corrected chi connectivity index (χ0v) is 12.3. The van der Waals surface area contributed by atoms with Gasteiger partial charge in [-0.25, -0.2) is 4.68 Å². The molecule has 5 nitrogen and oxygen atoms in total. The van der Waals surface area contributed by atoms with Crippen molar-refractivity contribution in [1.82, 2.24) is 20.3 Å². The molecule has 1 atom stereocenters. The number of nitrogens with two attached hydrogens (primary N) is 1. The lowest BCUT2D eigenvalue weighted by Gasteiger charge is -2.11. The summed E-state index contributed by atoms with van der Waals surface area (Å²) in [6, 6.07) is 8.06. The smallest absolute Gasteiger partial charge is 0.113 e. The zero-order valence-electron chi connectivity index (χ0n) is 12.3. The van der Waals surface area contributed by atoms with Gasteiger partial charge in [-0.15, -0.1) is 5.10 Å². The summed E-state index contributed by atoms with van der Waals surface area (Å²) in [4.78, 5) is 0. The van der Waals surface area contributed by atoms with Gasteiger partial charge < -0.3 is 11.1 Å². The van der Waals surface area contributed by atoms with Crippen molar-refractivity contribution in [2.24, 2.45) is 11.7 Å². The maximum absolute atomic E-state index is 5.63. The molecule has 110 valence electrons. The zero-order chi connectivity index (χ0) is 14.8. The molecule has 0 radical (unpaired) electrons. The predicted molar refractivity (Wildman–Crippen MR) is 85.1 cm³/mol. The van der Waals surface area contributed by atoms with E-state index in [0.717, 1.165) is 36.8 Å². The first kappa shape index (κ1) is 13.7. The van der Waals surface area contributed by atoms with Crippen LogP contribution in [0.4, 0.5) is 0 Å². The molecule has 5 heteroatoms. The molecular formula is C16H21N5. The molecule has 0 saturated carbocycles. The molecule has 1 heterocycles. The van der Waals surface area contributed by atoms with Crippen molar-refractivity contribution >= 4 is 16.7 Å². The first-order valence-corrected chi connectivity index (χ1v) is 7.35. The molecule has 1 aromatic carbocycles. The molecule has 1 unspecified atom stereocenters. The van der Waals surface area contributed by atoms with Gasteiger partial charge in [-0.05, 0) is 30.9 Å². The fourth-order valence-corrected chi connectivity index (χ4v) is 2.82. The van der Waals surface area contributed by atoms with E-state index in [2.05, 4.69) is 35.2 Å². The third kappa shape index (κ3) is 2.77. The van der Waals surface area contributed by atoms with Crippen molar-refractivity contribution in [2.45, 2.75) is 26.2 Å². The summed E-state index contributed by atoms with van der Waals surface area (Å²) in [5.74, 6) is 0.617. The quantitative estimate of drug-likeness (QED) is 0.884. The number of aromatic nitrogens is 3. The van der Waals surface area contributed by atoms with Crippen LogP contribution in [-0.4, -0.2) is 21.5 Å². The molecule has 1 aliphatic carbocycles. The van der Waals surface area contributed by atoms with Gasteiger partial charge in [0.05, 0.1) is 11.2 Å². The van der Waals surface area contributed by atoms with E-state index in [4.69, 9.17) is 5.73 Å². The molecule has 0 bridgehead atoms. The number of rotatable bonds is 5. The summed E-state index contributed by atoms with van der Waals surface area (Å²) in [5.41, 5.74) is 10.8. The van der Waals surface area contributed by atoms with Gasteiger partial charge in [-0.1, -0.05) is 30.8 Å². The SMILES string of the molecule is C=C(N)CCNC1=C(n2nnc3ccccc32)CC(C)C1. The summed E-state index contributed by atoms with van der Waals surface area (Å²) in [5, 5.41) is 12.1. The van der Waals surface area contributed by atoms with Crippen LogP contribution < -0.4 is 11.1 Å². The standard InChI is InChI=1S/C16H21N5/c1-11-9-14(18-8-7-12(2)17)16(10-11)21-15-6-4-3-5-13(15)19-20-21/h3-6,11,18H,2,7-10,17H2,1H3. The van der Waals surface area contributed by atoms with Crippen LogP contribution in [0, 0.1) is 5.92 Å². The minimum atomic E-state index is 0.617. The summed E-state index contributed by atoms with van der Waals surface area (Å²) < 4.78 is 1.97.